The highest BCUT2D eigenvalue weighted by Gasteiger charge is 2.15. The SMILES string of the molecule is CS(=O)(=O)CCC(N)C(=O)NCC(N)=O. The van der Waals surface area contributed by atoms with Gasteiger partial charge in [0.25, 0.3) is 0 Å². The van der Waals surface area contributed by atoms with E-state index in [-0.39, 0.29) is 18.7 Å². The lowest BCUT2D eigenvalue weighted by molar-refractivity contribution is -0.125. The third kappa shape index (κ3) is 7.89. The van der Waals surface area contributed by atoms with E-state index in [1.165, 1.54) is 0 Å². The smallest absolute Gasteiger partial charge is 0.237 e. The number of nitrogens with two attached hydrogens (primary N) is 2. The molecule has 0 aliphatic heterocycles. The number of sulfone groups is 1. The fourth-order valence-corrected chi connectivity index (χ4v) is 1.46. The lowest BCUT2D eigenvalue weighted by Crippen LogP contribution is -2.44. The highest BCUT2D eigenvalue weighted by atomic mass is 32.2. The van der Waals surface area contributed by atoms with E-state index < -0.39 is 27.7 Å². The van der Waals surface area contributed by atoms with E-state index in [9.17, 15) is 18.0 Å². The summed E-state index contributed by atoms with van der Waals surface area (Å²) >= 11 is 0. The van der Waals surface area contributed by atoms with Gasteiger partial charge < -0.3 is 16.8 Å². The molecule has 0 saturated heterocycles. The van der Waals surface area contributed by atoms with E-state index in [1.807, 2.05) is 0 Å². The summed E-state index contributed by atoms with van der Waals surface area (Å²) in [5, 5.41) is 2.18. The molecule has 0 aromatic heterocycles. The predicted molar refractivity (Wildman–Crippen MR) is 54.5 cm³/mol. The van der Waals surface area contributed by atoms with Crippen molar-refractivity contribution in [1.29, 1.82) is 0 Å². The zero-order chi connectivity index (χ0) is 12.1. The Morgan fingerprint density at radius 1 is 1.40 bits per heavy atom. The Bertz CT molecular complexity index is 338. The van der Waals surface area contributed by atoms with Gasteiger partial charge in [0.05, 0.1) is 18.3 Å². The van der Waals surface area contributed by atoms with Crippen LogP contribution in [0.25, 0.3) is 0 Å². The molecule has 5 N–H and O–H groups in total. The first kappa shape index (κ1) is 13.8. The standard InChI is InChI=1S/C7H15N3O4S/c1-15(13,14)3-2-5(8)7(12)10-4-6(9)11/h5H,2-4,8H2,1H3,(H2,9,11)(H,10,12). The highest BCUT2D eigenvalue weighted by molar-refractivity contribution is 7.90. The van der Waals surface area contributed by atoms with Crippen molar-refractivity contribution < 1.29 is 18.0 Å². The summed E-state index contributed by atoms with van der Waals surface area (Å²) in [5.41, 5.74) is 10.2. The number of primary amides is 1. The Morgan fingerprint density at radius 2 is 1.93 bits per heavy atom. The summed E-state index contributed by atoms with van der Waals surface area (Å²) < 4.78 is 21.5. The second kappa shape index (κ2) is 5.66. The number of carbonyl (C=O) groups excluding carboxylic acids is 2. The average Bonchev–Trinajstić information content (AvgIpc) is 2.08. The lowest BCUT2D eigenvalue weighted by atomic mass is 10.2. The van der Waals surface area contributed by atoms with Crippen LogP contribution in [0.2, 0.25) is 0 Å². The van der Waals surface area contributed by atoms with E-state index in [1.54, 1.807) is 0 Å². The molecular weight excluding hydrogens is 222 g/mol. The van der Waals surface area contributed by atoms with E-state index in [0.717, 1.165) is 6.26 Å². The van der Waals surface area contributed by atoms with Gasteiger partial charge in [0.1, 0.15) is 9.84 Å². The molecule has 0 aliphatic rings. The van der Waals surface area contributed by atoms with Crippen LogP contribution in [0.5, 0.6) is 0 Å². The van der Waals surface area contributed by atoms with Crippen LogP contribution in [0.3, 0.4) is 0 Å². The van der Waals surface area contributed by atoms with Crippen LogP contribution in [0.4, 0.5) is 0 Å². The summed E-state index contributed by atoms with van der Waals surface area (Å²) in [6.45, 7) is -0.300. The van der Waals surface area contributed by atoms with Crippen molar-refractivity contribution in [3.8, 4) is 0 Å². The van der Waals surface area contributed by atoms with Crippen LogP contribution in [0, 0.1) is 0 Å². The monoisotopic (exact) mass is 237 g/mol. The van der Waals surface area contributed by atoms with Crippen LogP contribution in [0.1, 0.15) is 6.42 Å². The Morgan fingerprint density at radius 3 is 2.33 bits per heavy atom. The number of rotatable bonds is 6. The molecule has 2 amide bonds. The minimum absolute atomic E-state index is 0.0173. The van der Waals surface area contributed by atoms with Gasteiger partial charge in [0, 0.05) is 6.26 Å². The van der Waals surface area contributed by atoms with Gasteiger partial charge in [-0.15, -0.1) is 0 Å². The molecule has 0 fully saturated rings. The van der Waals surface area contributed by atoms with Crippen molar-refractivity contribution in [3.63, 3.8) is 0 Å². The minimum atomic E-state index is -3.14. The molecule has 0 saturated carbocycles. The largest absolute Gasteiger partial charge is 0.368 e. The first-order valence-electron chi connectivity index (χ1n) is 4.21. The van der Waals surface area contributed by atoms with Crippen LogP contribution in [-0.2, 0) is 19.4 Å². The molecule has 1 unspecified atom stereocenters. The predicted octanol–water partition coefficient (Wildman–Crippen LogP) is -2.65. The van der Waals surface area contributed by atoms with E-state index in [0.29, 0.717) is 0 Å². The number of nitrogens with one attached hydrogen (secondary N) is 1. The minimum Gasteiger partial charge on any atom is -0.368 e. The summed E-state index contributed by atoms with van der Waals surface area (Å²) in [6.07, 6.45) is 1.07. The third-order valence-corrected chi connectivity index (χ3v) is 2.55. The Hall–Kier alpha value is -1.15. The van der Waals surface area contributed by atoms with Crippen LogP contribution in [0.15, 0.2) is 0 Å². The van der Waals surface area contributed by atoms with E-state index >= 15 is 0 Å². The van der Waals surface area contributed by atoms with Crippen molar-refractivity contribution in [1.82, 2.24) is 5.32 Å². The zero-order valence-electron chi connectivity index (χ0n) is 8.39. The quantitative estimate of drug-likeness (QED) is 0.464. The third-order valence-electron chi connectivity index (χ3n) is 1.57. The highest BCUT2D eigenvalue weighted by Crippen LogP contribution is 1.93. The number of hydrogen-bond acceptors (Lipinski definition) is 5. The molecule has 0 spiro atoms. The maximum atomic E-state index is 11.1. The maximum absolute atomic E-state index is 11.1. The summed E-state index contributed by atoms with van der Waals surface area (Å²) in [5.74, 6) is -1.44. The maximum Gasteiger partial charge on any atom is 0.237 e. The molecule has 0 bridgehead atoms. The second-order valence-electron chi connectivity index (χ2n) is 3.21. The molecule has 7 nitrogen and oxygen atoms in total. The van der Waals surface area contributed by atoms with Crippen molar-refractivity contribution in [2.24, 2.45) is 11.5 Å². The van der Waals surface area contributed by atoms with Gasteiger partial charge in [0.15, 0.2) is 0 Å². The normalized spacial score (nSPS) is 13.2. The first-order valence-corrected chi connectivity index (χ1v) is 6.28. The molecule has 0 rings (SSSR count). The van der Waals surface area contributed by atoms with Crippen molar-refractivity contribution in [2.45, 2.75) is 12.5 Å². The topological polar surface area (TPSA) is 132 Å². The summed E-state index contributed by atoms with van der Waals surface area (Å²) in [4.78, 5) is 21.4. The fourth-order valence-electron chi connectivity index (χ4n) is 0.777. The van der Waals surface area contributed by atoms with Crippen LogP contribution < -0.4 is 16.8 Å². The van der Waals surface area contributed by atoms with Gasteiger partial charge >= 0.3 is 0 Å². The molecule has 88 valence electrons. The molecule has 0 radical (unpaired) electrons. The number of hydrogen-bond donors (Lipinski definition) is 3. The van der Waals surface area contributed by atoms with Crippen molar-refractivity contribution in [3.05, 3.63) is 0 Å². The fraction of sp³-hybridized carbons (Fsp3) is 0.714. The van der Waals surface area contributed by atoms with E-state index in [4.69, 9.17) is 11.5 Å². The molecule has 8 heteroatoms. The molecule has 0 heterocycles. The Kier molecular flexibility index (Phi) is 5.23. The first-order chi connectivity index (χ1) is 6.72. The summed E-state index contributed by atoms with van der Waals surface area (Å²) in [6, 6.07) is -0.945. The van der Waals surface area contributed by atoms with Gasteiger partial charge in [-0.25, -0.2) is 8.42 Å². The molecular formula is C7H15N3O4S. The van der Waals surface area contributed by atoms with Gasteiger partial charge in [-0.3, -0.25) is 9.59 Å². The second-order valence-corrected chi connectivity index (χ2v) is 5.47. The molecule has 0 aliphatic carbocycles. The van der Waals surface area contributed by atoms with Gasteiger partial charge in [-0.2, -0.15) is 0 Å². The van der Waals surface area contributed by atoms with Crippen molar-refractivity contribution >= 4 is 21.7 Å². The molecule has 0 aromatic carbocycles. The Balaban J connectivity index is 3.95. The van der Waals surface area contributed by atoms with Crippen LogP contribution in [-0.4, -0.2) is 44.8 Å². The molecule has 1 atom stereocenters. The zero-order valence-corrected chi connectivity index (χ0v) is 9.21. The van der Waals surface area contributed by atoms with Gasteiger partial charge in [-0.1, -0.05) is 0 Å². The van der Waals surface area contributed by atoms with Crippen molar-refractivity contribution in [2.75, 3.05) is 18.6 Å². The lowest BCUT2D eigenvalue weighted by Gasteiger charge is -2.10. The number of carbonyl (C=O) groups is 2. The average molecular weight is 237 g/mol. The van der Waals surface area contributed by atoms with Crippen LogP contribution >= 0.6 is 0 Å². The van der Waals surface area contributed by atoms with E-state index in [2.05, 4.69) is 5.32 Å². The Labute approximate surface area is 88.1 Å². The van der Waals surface area contributed by atoms with Gasteiger partial charge in [-0.05, 0) is 6.42 Å². The number of amides is 2. The summed E-state index contributed by atoms with van der Waals surface area (Å²) in [7, 11) is -3.14. The molecule has 0 aromatic rings. The van der Waals surface area contributed by atoms with Gasteiger partial charge in [0.2, 0.25) is 11.8 Å². The molecule has 15 heavy (non-hydrogen) atoms.